The maximum absolute atomic E-state index is 16.1. The van der Waals surface area contributed by atoms with Crippen molar-refractivity contribution < 1.29 is 47.2 Å². The highest BCUT2D eigenvalue weighted by atomic mass is 19.1. The van der Waals surface area contributed by atoms with Crippen LogP contribution in [-0.2, 0) is 9.47 Å². The monoisotopic (exact) mass is 682 g/mol. The van der Waals surface area contributed by atoms with Crippen LogP contribution in [0.4, 0.5) is 24.5 Å². The van der Waals surface area contributed by atoms with Crippen LogP contribution in [0, 0.1) is 67.1 Å². The van der Waals surface area contributed by atoms with Gasteiger partial charge in [0.1, 0.15) is 72.9 Å². The largest absolute Gasteiger partial charge is 0.498 e. The summed E-state index contributed by atoms with van der Waals surface area (Å²) in [7, 11) is 5.76. The number of aliphatic hydroxyl groups excluding tert-OH is 3. The molecular formula is C35H39F3N5O6+. The summed E-state index contributed by atoms with van der Waals surface area (Å²) in [5, 5.41) is 52.5. The predicted molar refractivity (Wildman–Crippen MR) is 169 cm³/mol. The van der Waals surface area contributed by atoms with Crippen LogP contribution in [0.3, 0.4) is 0 Å². The number of rotatable bonds is 7. The number of fused-ring (bicyclic) bond motifs is 8. The first-order valence-electron chi connectivity index (χ1n) is 15.7. The van der Waals surface area contributed by atoms with E-state index < -0.39 is 95.4 Å². The molecule has 0 amide bonds. The summed E-state index contributed by atoms with van der Waals surface area (Å²) in [5.41, 5.74) is -2.71. The standard InChI is InChI=1S/C35H39F3N5O6/c1-17-21(13-39)29(38)26(31(42-4)28(17)37)20-9-8-19(12-23-32(45)33(46)34(48-16-20)24(15-44)49-23)25-22(14-40)27(36)18(2)30(41-3)35(25)47-11-10-43(5,6)7/h19-20,23-24,32-34,44-46H,8-12,15-16H2,1-2,5-7H3/q+1/t19?,20?,23-,24+,32-,33+,34+/m0/s1. The first-order valence-corrected chi connectivity index (χ1v) is 15.7. The summed E-state index contributed by atoms with van der Waals surface area (Å²) in [6.07, 6.45) is -7.23. The van der Waals surface area contributed by atoms with E-state index in [-0.39, 0.29) is 54.0 Å². The molecule has 3 fully saturated rings. The smallest absolute Gasteiger partial charge is 0.234 e. The molecule has 0 saturated carbocycles. The number of benzene rings is 2. The molecular weight excluding hydrogens is 643 g/mol. The Balaban J connectivity index is 1.98. The van der Waals surface area contributed by atoms with Gasteiger partial charge in [-0.2, -0.15) is 10.5 Å². The molecule has 2 aromatic rings. The van der Waals surface area contributed by atoms with Gasteiger partial charge in [-0.25, -0.2) is 22.9 Å². The van der Waals surface area contributed by atoms with E-state index >= 15 is 13.2 Å². The number of ether oxygens (including phenoxy) is 3. The van der Waals surface area contributed by atoms with Gasteiger partial charge in [-0.1, -0.05) is 0 Å². The lowest BCUT2D eigenvalue weighted by Crippen LogP contribution is -2.59. The lowest BCUT2D eigenvalue weighted by Gasteiger charge is -2.43. The molecule has 260 valence electrons. The van der Waals surface area contributed by atoms with Gasteiger partial charge in [0.05, 0.1) is 64.7 Å². The number of nitrogens with zero attached hydrogens (tertiary/aromatic N) is 5. The summed E-state index contributed by atoms with van der Waals surface area (Å²) < 4.78 is 66.0. The molecule has 3 saturated heterocycles. The lowest BCUT2D eigenvalue weighted by atomic mass is 9.79. The predicted octanol–water partition coefficient (Wildman–Crippen LogP) is 4.57. The van der Waals surface area contributed by atoms with Gasteiger partial charge in [-0.05, 0) is 50.2 Å². The van der Waals surface area contributed by atoms with Crippen molar-refractivity contribution >= 4 is 11.4 Å². The molecule has 2 bridgehead atoms. The van der Waals surface area contributed by atoms with Crippen LogP contribution < -0.4 is 4.74 Å². The zero-order chi connectivity index (χ0) is 36.4. The third-order valence-electron chi connectivity index (χ3n) is 9.36. The van der Waals surface area contributed by atoms with Crippen LogP contribution >= 0.6 is 0 Å². The molecule has 14 heteroatoms. The molecule has 0 radical (unpaired) electrons. The zero-order valence-corrected chi connectivity index (χ0v) is 27.9. The van der Waals surface area contributed by atoms with Crippen molar-refractivity contribution in [1.82, 2.24) is 0 Å². The van der Waals surface area contributed by atoms with Crippen LogP contribution in [0.25, 0.3) is 9.69 Å². The number of quaternary nitrogens is 1. The van der Waals surface area contributed by atoms with Gasteiger partial charge in [-0.3, -0.25) is 0 Å². The van der Waals surface area contributed by atoms with E-state index in [4.69, 9.17) is 27.4 Å². The number of aliphatic hydroxyl groups is 3. The molecule has 2 aromatic carbocycles. The number of halogens is 3. The minimum absolute atomic E-state index is 0.00330. The fourth-order valence-corrected chi connectivity index (χ4v) is 6.61. The maximum atomic E-state index is 16.1. The highest BCUT2D eigenvalue weighted by molar-refractivity contribution is 5.71. The Morgan fingerprint density at radius 1 is 0.898 bits per heavy atom. The van der Waals surface area contributed by atoms with Gasteiger partial charge >= 0.3 is 0 Å². The van der Waals surface area contributed by atoms with E-state index in [2.05, 4.69) is 9.69 Å². The van der Waals surface area contributed by atoms with Crippen LogP contribution in [0.15, 0.2) is 0 Å². The third-order valence-corrected chi connectivity index (χ3v) is 9.36. The fourth-order valence-electron chi connectivity index (χ4n) is 6.61. The van der Waals surface area contributed by atoms with Crippen molar-refractivity contribution in [3.63, 3.8) is 0 Å². The molecule has 0 aromatic heterocycles. The van der Waals surface area contributed by atoms with Gasteiger partial charge in [-0.15, -0.1) is 0 Å². The van der Waals surface area contributed by atoms with Gasteiger partial charge in [0.25, 0.3) is 0 Å². The Morgan fingerprint density at radius 3 is 2.10 bits per heavy atom. The topological polar surface area (TPSA) is 145 Å². The summed E-state index contributed by atoms with van der Waals surface area (Å²) in [6.45, 7) is 17.5. The minimum atomic E-state index is -1.63. The summed E-state index contributed by atoms with van der Waals surface area (Å²) in [6, 6.07) is 3.55. The molecule has 2 unspecified atom stereocenters. The average Bonchev–Trinajstić information content (AvgIpc) is 3.10. The quantitative estimate of drug-likeness (QED) is 0.285. The van der Waals surface area contributed by atoms with Crippen LogP contribution in [0.5, 0.6) is 5.75 Å². The second kappa shape index (κ2) is 15.1. The molecule has 3 heterocycles. The van der Waals surface area contributed by atoms with Crippen molar-refractivity contribution in [2.24, 2.45) is 0 Å². The van der Waals surface area contributed by atoms with Crippen molar-refractivity contribution in [2.75, 3.05) is 47.5 Å². The van der Waals surface area contributed by atoms with Crippen molar-refractivity contribution in [3.05, 3.63) is 73.7 Å². The number of hydrogen-bond acceptors (Lipinski definition) is 8. The highest BCUT2D eigenvalue weighted by Crippen LogP contribution is 2.48. The number of hydrogen-bond donors (Lipinski definition) is 3. The summed E-state index contributed by atoms with van der Waals surface area (Å²) >= 11 is 0. The number of nitriles is 2. The Kier molecular flexibility index (Phi) is 11.6. The van der Waals surface area contributed by atoms with Gasteiger partial charge < -0.3 is 34.0 Å². The first kappa shape index (κ1) is 37.6. The minimum Gasteiger partial charge on any atom is -0.498 e. The first-order chi connectivity index (χ1) is 23.1. The van der Waals surface area contributed by atoms with Gasteiger partial charge in [0.15, 0.2) is 0 Å². The second-order valence-electron chi connectivity index (χ2n) is 13.5. The van der Waals surface area contributed by atoms with Crippen LogP contribution in [0.2, 0.25) is 0 Å². The number of likely N-dealkylation sites (N-methyl/N-ethyl adjacent to an activating group) is 1. The van der Waals surface area contributed by atoms with E-state index in [1.807, 2.05) is 27.2 Å². The lowest BCUT2D eigenvalue weighted by molar-refractivity contribution is -0.870. The van der Waals surface area contributed by atoms with Crippen LogP contribution in [-0.4, -0.2) is 97.8 Å². The molecule has 3 N–H and O–H groups in total. The van der Waals surface area contributed by atoms with Crippen LogP contribution in [0.1, 0.15) is 64.5 Å². The van der Waals surface area contributed by atoms with E-state index in [9.17, 15) is 25.8 Å². The van der Waals surface area contributed by atoms with Crippen molar-refractivity contribution in [2.45, 2.75) is 75.5 Å². The Bertz CT molecular complexity index is 1770. The molecule has 3 aliphatic heterocycles. The van der Waals surface area contributed by atoms with Crippen molar-refractivity contribution in [3.8, 4) is 17.9 Å². The van der Waals surface area contributed by atoms with E-state index in [0.29, 0.717) is 11.0 Å². The van der Waals surface area contributed by atoms with E-state index in [1.165, 1.54) is 13.8 Å². The Labute approximate surface area is 283 Å². The molecule has 7 atom stereocenters. The average molecular weight is 683 g/mol. The molecule has 0 spiro atoms. The van der Waals surface area contributed by atoms with E-state index in [0.717, 1.165) is 0 Å². The highest BCUT2D eigenvalue weighted by Gasteiger charge is 2.47. The van der Waals surface area contributed by atoms with Crippen molar-refractivity contribution in [1.29, 1.82) is 10.5 Å². The maximum Gasteiger partial charge on any atom is 0.234 e. The fraction of sp³-hybridized carbons (Fsp3) is 0.543. The molecule has 0 aliphatic carbocycles. The third kappa shape index (κ3) is 7.22. The zero-order valence-electron chi connectivity index (χ0n) is 27.9. The summed E-state index contributed by atoms with van der Waals surface area (Å²) in [5.74, 6) is -5.29. The normalized spacial score (nSPS) is 25.7. The van der Waals surface area contributed by atoms with E-state index in [1.54, 1.807) is 6.07 Å². The second-order valence-corrected chi connectivity index (χ2v) is 13.5. The Hall–Kier alpha value is -4.25. The molecule has 5 rings (SSSR count). The van der Waals surface area contributed by atoms with Gasteiger partial charge in [0, 0.05) is 17.0 Å². The Morgan fingerprint density at radius 2 is 1.53 bits per heavy atom. The molecule has 11 nitrogen and oxygen atoms in total. The summed E-state index contributed by atoms with van der Waals surface area (Å²) in [4.78, 5) is 6.79. The molecule has 49 heavy (non-hydrogen) atoms. The van der Waals surface area contributed by atoms with Gasteiger partial charge in [0.2, 0.25) is 11.4 Å². The SMILES string of the molecule is [C-]#[N+]c1c(C)c(F)c(C#N)c(C2CCC(c3c(F)c(C#N)c(C)c(F)c3[N+]#[C-])CO[C@H]3[C@H](O)[C@@H](O)[C@H](C2)O[C@@H]3CO)c1OCC[N+](C)(C)C. The molecule has 3 aliphatic rings.